The van der Waals surface area contributed by atoms with Crippen molar-refractivity contribution in [1.29, 1.82) is 0 Å². The highest BCUT2D eigenvalue weighted by Crippen LogP contribution is 2.35. The summed E-state index contributed by atoms with van der Waals surface area (Å²) in [6.45, 7) is 0.772. The number of amides is 2. The van der Waals surface area contributed by atoms with Crippen molar-refractivity contribution >= 4 is 35.2 Å². The van der Waals surface area contributed by atoms with Gasteiger partial charge in [0.15, 0.2) is 0 Å². The predicted octanol–water partition coefficient (Wildman–Crippen LogP) is 1.98. The van der Waals surface area contributed by atoms with Crippen LogP contribution in [0.5, 0.6) is 0 Å². The third kappa shape index (κ3) is 3.40. The number of carboxylic acid groups (broad SMARTS) is 1. The van der Waals surface area contributed by atoms with E-state index in [0.717, 1.165) is 23.4 Å². The summed E-state index contributed by atoms with van der Waals surface area (Å²) in [4.78, 5) is 40.2. The second-order valence-corrected chi connectivity index (χ2v) is 7.01. The fraction of sp³-hybridized carbons (Fsp3) is 0.471. The van der Waals surface area contributed by atoms with Crippen LogP contribution < -0.4 is 4.90 Å². The Morgan fingerprint density at radius 3 is 2.83 bits per heavy atom. The molecule has 0 radical (unpaired) electrons. The molecule has 2 aliphatic heterocycles. The standard InChI is InChI=1S/C17H20N2O4S/c20-15(18-9-4-3-6-13(18)17(22)23)8-10-19-12-5-1-2-7-14(12)24-11-16(19)21/h1-2,5,7,13H,3-4,6,8-11H2,(H,22,23)/t13-/m1/s1. The average Bonchev–Trinajstić information content (AvgIpc) is 2.60. The van der Waals surface area contributed by atoms with Crippen LogP contribution in [0.15, 0.2) is 29.2 Å². The Bertz CT molecular complexity index is 664. The van der Waals surface area contributed by atoms with Gasteiger partial charge in [-0.25, -0.2) is 4.79 Å². The van der Waals surface area contributed by atoms with E-state index in [9.17, 15) is 19.5 Å². The molecule has 1 fully saturated rings. The minimum atomic E-state index is -0.946. The maximum absolute atomic E-state index is 12.5. The molecule has 1 aromatic rings. The zero-order valence-electron chi connectivity index (χ0n) is 13.3. The molecule has 0 aromatic heterocycles. The van der Waals surface area contributed by atoms with Gasteiger partial charge < -0.3 is 14.9 Å². The van der Waals surface area contributed by atoms with Gasteiger partial charge in [0.25, 0.3) is 0 Å². The van der Waals surface area contributed by atoms with Crippen molar-refractivity contribution in [3.63, 3.8) is 0 Å². The van der Waals surface area contributed by atoms with E-state index >= 15 is 0 Å². The molecular formula is C17H20N2O4S. The number of carbonyl (C=O) groups excluding carboxylic acids is 2. The smallest absolute Gasteiger partial charge is 0.326 e. The van der Waals surface area contributed by atoms with Crippen molar-refractivity contribution in [2.75, 3.05) is 23.7 Å². The van der Waals surface area contributed by atoms with Crippen LogP contribution in [0.2, 0.25) is 0 Å². The molecule has 2 amide bonds. The number of piperidine rings is 1. The first-order valence-corrected chi connectivity index (χ1v) is 9.11. The SMILES string of the molecule is O=C(O)[C@H]1CCCCN1C(=O)CCN1C(=O)CSc2ccccc21. The first kappa shape index (κ1) is 16.8. The van der Waals surface area contributed by atoms with Gasteiger partial charge >= 0.3 is 5.97 Å². The van der Waals surface area contributed by atoms with Gasteiger partial charge in [-0.15, -0.1) is 11.8 Å². The molecule has 1 atom stereocenters. The Labute approximate surface area is 144 Å². The predicted molar refractivity (Wildman–Crippen MR) is 91.1 cm³/mol. The van der Waals surface area contributed by atoms with Gasteiger partial charge in [-0.3, -0.25) is 9.59 Å². The van der Waals surface area contributed by atoms with Gasteiger partial charge in [-0.05, 0) is 31.4 Å². The van der Waals surface area contributed by atoms with Crippen molar-refractivity contribution < 1.29 is 19.5 Å². The summed E-state index contributed by atoms with van der Waals surface area (Å²) in [5.41, 5.74) is 0.833. The Balaban J connectivity index is 1.68. The van der Waals surface area contributed by atoms with E-state index in [1.54, 1.807) is 4.90 Å². The van der Waals surface area contributed by atoms with Gasteiger partial charge in [0.2, 0.25) is 11.8 Å². The molecule has 2 heterocycles. The molecule has 2 aliphatic rings. The molecule has 24 heavy (non-hydrogen) atoms. The Hall–Kier alpha value is -2.02. The molecular weight excluding hydrogens is 328 g/mol. The van der Waals surface area contributed by atoms with Gasteiger partial charge in [-0.1, -0.05) is 12.1 Å². The summed E-state index contributed by atoms with van der Waals surface area (Å²) in [7, 11) is 0. The van der Waals surface area contributed by atoms with Crippen LogP contribution >= 0.6 is 11.8 Å². The maximum Gasteiger partial charge on any atom is 0.326 e. The lowest BCUT2D eigenvalue weighted by atomic mass is 10.0. The number of hydrogen-bond acceptors (Lipinski definition) is 4. The van der Waals surface area contributed by atoms with Crippen molar-refractivity contribution in [3.05, 3.63) is 24.3 Å². The van der Waals surface area contributed by atoms with Crippen LogP contribution in [0.25, 0.3) is 0 Å². The van der Waals surface area contributed by atoms with E-state index in [1.807, 2.05) is 24.3 Å². The molecule has 3 rings (SSSR count). The number of likely N-dealkylation sites (tertiary alicyclic amines) is 1. The molecule has 1 aromatic carbocycles. The van der Waals surface area contributed by atoms with E-state index < -0.39 is 12.0 Å². The Morgan fingerprint density at radius 2 is 2.04 bits per heavy atom. The minimum absolute atomic E-state index is 0.0140. The van der Waals surface area contributed by atoms with Crippen LogP contribution in [0.3, 0.4) is 0 Å². The molecule has 6 nitrogen and oxygen atoms in total. The number of rotatable bonds is 4. The van der Waals surface area contributed by atoms with Crippen LogP contribution in [0, 0.1) is 0 Å². The summed E-state index contributed by atoms with van der Waals surface area (Å²) in [6.07, 6.45) is 2.31. The normalized spacial score (nSPS) is 20.7. The molecule has 0 unspecified atom stereocenters. The van der Waals surface area contributed by atoms with Crippen LogP contribution in [-0.2, 0) is 14.4 Å². The topological polar surface area (TPSA) is 77.9 Å². The van der Waals surface area contributed by atoms with Crippen molar-refractivity contribution in [2.45, 2.75) is 36.6 Å². The molecule has 0 spiro atoms. The summed E-state index contributed by atoms with van der Waals surface area (Å²) < 4.78 is 0. The van der Waals surface area contributed by atoms with Gasteiger partial charge in [0.1, 0.15) is 6.04 Å². The van der Waals surface area contributed by atoms with E-state index in [0.29, 0.717) is 18.7 Å². The van der Waals surface area contributed by atoms with E-state index in [1.165, 1.54) is 16.7 Å². The molecule has 1 saturated heterocycles. The number of fused-ring (bicyclic) bond motifs is 1. The lowest BCUT2D eigenvalue weighted by molar-refractivity contribution is -0.152. The Morgan fingerprint density at radius 1 is 1.25 bits per heavy atom. The summed E-state index contributed by atoms with van der Waals surface area (Å²) in [5.74, 6) is -0.781. The summed E-state index contributed by atoms with van der Waals surface area (Å²) in [5, 5.41) is 9.29. The molecule has 128 valence electrons. The quantitative estimate of drug-likeness (QED) is 0.900. The van der Waals surface area contributed by atoms with Gasteiger partial charge in [0, 0.05) is 24.4 Å². The number of aliphatic carboxylic acids is 1. The number of carbonyl (C=O) groups is 3. The van der Waals surface area contributed by atoms with E-state index in [2.05, 4.69) is 0 Å². The van der Waals surface area contributed by atoms with Crippen LogP contribution in [0.1, 0.15) is 25.7 Å². The van der Waals surface area contributed by atoms with E-state index in [4.69, 9.17) is 0 Å². The fourth-order valence-corrected chi connectivity index (χ4v) is 4.17. The van der Waals surface area contributed by atoms with Gasteiger partial charge in [0.05, 0.1) is 11.4 Å². The zero-order valence-corrected chi connectivity index (χ0v) is 14.1. The first-order chi connectivity index (χ1) is 11.6. The monoisotopic (exact) mass is 348 g/mol. The fourth-order valence-electron chi connectivity index (χ4n) is 3.24. The maximum atomic E-state index is 12.5. The lowest BCUT2D eigenvalue weighted by Gasteiger charge is -2.34. The molecule has 1 N–H and O–H groups in total. The molecule has 0 aliphatic carbocycles. The highest BCUT2D eigenvalue weighted by atomic mass is 32.2. The van der Waals surface area contributed by atoms with Crippen molar-refractivity contribution in [3.8, 4) is 0 Å². The number of carboxylic acids is 1. The molecule has 0 saturated carbocycles. The third-order valence-corrected chi connectivity index (χ3v) is 5.51. The van der Waals surface area contributed by atoms with Crippen molar-refractivity contribution in [1.82, 2.24) is 4.90 Å². The number of benzene rings is 1. The average molecular weight is 348 g/mol. The van der Waals surface area contributed by atoms with Gasteiger partial charge in [-0.2, -0.15) is 0 Å². The lowest BCUT2D eigenvalue weighted by Crippen LogP contribution is -2.49. The van der Waals surface area contributed by atoms with Crippen LogP contribution in [0.4, 0.5) is 5.69 Å². The number of nitrogens with zero attached hydrogens (tertiary/aromatic N) is 2. The molecule has 7 heteroatoms. The number of anilines is 1. The Kier molecular flexibility index (Phi) is 5.08. The minimum Gasteiger partial charge on any atom is -0.480 e. The number of para-hydroxylation sites is 1. The second kappa shape index (κ2) is 7.25. The number of hydrogen-bond donors (Lipinski definition) is 1. The molecule has 0 bridgehead atoms. The van der Waals surface area contributed by atoms with E-state index in [-0.39, 0.29) is 24.8 Å². The first-order valence-electron chi connectivity index (χ1n) is 8.12. The summed E-state index contributed by atoms with van der Waals surface area (Å²) in [6, 6.07) is 6.91. The third-order valence-electron chi connectivity index (χ3n) is 4.47. The highest BCUT2D eigenvalue weighted by Gasteiger charge is 2.32. The summed E-state index contributed by atoms with van der Waals surface area (Å²) >= 11 is 1.50. The second-order valence-electron chi connectivity index (χ2n) is 5.99. The van der Waals surface area contributed by atoms with Crippen molar-refractivity contribution in [2.24, 2.45) is 0 Å². The van der Waals surface area contributed by atoms with Crippen LogP contribution in [-0.4, -0.2) is 52.7 Å². The largest absolute Gasteiger partial charge is 0.480 e. The highest BCUT2D eigenvalue weighted by molar-refractivity contribution is 8.00. The zero-order chi connectivity index (χ0) is 17.1. The number of thioether (sulfide) groups is 1.